The Morgan fingerprint density at radius 3 is 1.36 bits per heavy atom. The number of hydrogen-bond acceptors (Lipinski definition) is 15. The molecule has 1 aliphatic rings. The van der Waals surface area contributed by atoms with Crippen molar-refractivity contribution in [3.8, 4) is 142 Å². The third-order valence-electron chi connectivity index (χ3n) is 18.4. The summed E-state index contributed by atoms with van der Waals surface area (Å²) >= 11 is 0. The highest BCUT2D eigenvalue weighted by Gasteiger charge is 2.50. The molecule has 2 unspecified atom stereocenters. The van der Waals surface area contributed by atoms with Crippen molar-refractivity contribution in [1.29, 1.82) is 0 Å². The Morgan fingerprint density at radius 2 is 0.911 bits per heavy atom. The Kier molecular flexibility index (Phi) is 50.0. The summed E-state index contributed by atoms with van der Waals surface area (Å²) in [4.78, 5) is 40.1. The second-order valence-corrected chi connectivity index (χ2v) is 40.2. The summed E-state index contributed by atoms with van der Waals surface area (Å²) in [7, 11) is -5.30. The minimum atomic E-state index is -2.73. The van der Waals surface area contributed by atoms with E-state index in [4.69, 9.17) is 56.2 Å². The van der Waals surface area contributed by atoms with E-state index in [1.807, 2.05) is 67.6 Å². The molecule has 602 valence electrons. The van der Waals surface area contributed by atoms with E-state index in [1.54, 1.807) is 27.7 Å². The van der Waals surface area contributed by atoms with Crippen LogP contribution in [-0.2, 0) is 79.0 Å². The van der Waals surface area contributed by atoms with Crippen LogP contribution in [0.5, 0.6) is 0 Å². The van der Waals surface area contributed by atoms with Gasteiger partial charge in [-0.1, -0.05) is 199 Å². The van der Waals surface area contributed by atoms with Gasteiger partial charge in [-0.25, -0.2) is 4.79 Å². The maximum Gasteiger partial charge on any atom is 0.407 e. The molecule has 2 amide bonds. The van der Waals surface area contributed by atoms with E-state index in [2.05, 4.69) is 227 Å². The Morgan fingerprint density at radius 1 is 0.500 bits per heavy atom. The normalized spacial score (nSPS) is 15.6. The first-order valence-electron chi connectivity index (χ1n) is 39.3. The standard InChI is InChI=1S/C93H122N2O15Si2/c1-17-19-21-23-25-27-29-31-32-33-34-35-36-37-38-39-40-41-43-45-47-49-57-63-84(96)95-81(88(110-112(15,16)93(10,11)12)82(109-111(13,14)92(7,8)9)62-56-48-46-44-42-30-28-26-24-22-20-18-2)76-106-89-87(105-75-80-60-54-51-55-61-80)78(3)86(104-74-79-58-52-50-53-59-79)83(107-89)77-103-85(97)64-66-99-68-70-101-72-73-102-71-69-100-67-65-94-90(98)108-91(4,5)6/h50-55,58-61,78,81-83,86-89H,18,20,22,24,26,28,30,42,44,46,48,56,62,64-77H2,1-16H3,(H,94,98)(H,95,96)/t78-,81-,82+,83?,86+,87?,88-,89-/m0/s1. The van der Waals surface area contributed by atoms with Crippen LogP contribution in [0.25, 0.3) is 0 Å². The highest BCUT2D eigenvalue weighted by atomic mass is 28.4. The average molecular weight is 1560 g/mol. The topological polar surface area (TPSA) is 186 Å². The summed E-state index contributed by atoms with van der Waals surface area (Å²) < 4.78 is 77.1. The smallest absolute Gasteiger partial charge is 0.407 e. The molecule has 17 nitrogen and oxygen atoms in total. The van der Waals surface area contributed by atoms with Crippen LogP contribution in [0.3, 0.4) is 0 Å². The molecule has 1 aliphatic heterocycles. The number of benzene rings is 2. The van der Waals surface area contributed by atoms with Gasteiger partial charge in [-0.3, -0.25) is 9.59 Å². The fraction of sp³-hybridized carbons (Fsp3) is 0.581. The van der Waals surface area contributed by atoms with Gasteiger partial charge in [-0.15, -0.1) is 0 Å². The number of rotatable bonds is 46. The van der Waals surface area contributed by atoms with Crippen LogP contribution in [0, 0.1) is 148 Å². The largest absolute Gasteiger partial charge is 0.463 e. The van der Waals surface area contributed by atoms with Crippen LogP contribution in [0.2, 0.25) is 36.3 Å². The summed E-state index contributed by atoms with van der Waals surface area (Å²) in [6.45, 7) is 36.4. The summed E-state index contributed by atoms with van der Waals surface area (Å²) in [5.41, 5.74) is 1.30. The fourth-order valence-electron chi connectivity index (χ4n) is 10.5. The van der Waals surface area contributed by atoms with Gasteiger partial charge in [-0.2, -0.15) is 0 Å². The zero-order valence-electron chi connectivity index (χ0n) is 69.6. The number of amides is 2. The lowest BCUT2D eigenvalue weighted by molar-refractivity contribution is -0.308. The predicted molar refractivity (Wildman–Crippen MR) is 448 cm³/mol. The Bertz CT molecular complexity index is 3960. The average Bonchev–Trinajstić information content (AvgIpc) is 0.792. The molecule has 2 N–H and O–H groups in total. The van der Waals surface area contributed by atoms with E-state index in [9.17, 15) is 14.4 Å². The monoisotopic (exact) mass is 1560 g/mol. The third kappa shape index (κ3) is 45.8. The van der Waals surface area contributed by atoms with Gasteiger partial charge >= 0.3 is 12.1 Å². The molecule has 1 saturated heterocycles. The van der Waals surface area contributed by atoms with Gasteiger partial charge in [-0.05, 0) is 176 Å². The van der Waals surface area contributed by atoms with Gasteiger partial charge in [0, 0.05) is 53.9 Å². The lowest BCUT2D eigenvalue weighted by atomic mass is 9.90. The van der Waals surface area contributed by atoms with E-state index in [1.165, 1.54) is 51.4 Å². The fourth-order valence-corrected chi connectivity index (χ4v) is 13.2. The first-order valence-corrected chi connectivity index (χ1v) is 45.1. The van der Waals surface area contributed by atoms with Crippen LogP contribution in [0.15, 0.2) is 60.7 Å². The molecule has 0 aromatic heterocycles. The van der Waals surface area contributed by atoms with Crippen LogP contribution in [-0.4, -0.2) is 156 Å². The molecule has 0 radical (unpaired) electrons. The number of alkyl carbamates (subject to hydrolysis) is 1. The van der Waals surface area contributed by atoms with E-state index < -0.39 is 89.0 Å². The number of unbranched alkanes of at least 4 members (excludes halogenated alkanes) is 11. The van der Waals surface area contributed by atoms with Crippen molar-refractivity contribution in [3.63, 3.8) is 0 Å². The van der Waals surface area contributed by atoms with E-state index in [-0.39, 0.29) is 62.7 Å². The molecule has 8 atom stereocenters. The van der Waals surface area contributed by atoms with Crippen LogP contribution < -0.4 is 10.6 Å². The summed E-state index contributed by atoms with van der Waals surface area (Å²) in [5, 5.41) is 5.47. The molecule has 0 spiro atoms. The maximum absolute atomic E-state index is 14.6. The molecule has 0 saturated carbocycles. The van der Waals surface area contributed by atoms with Gasteiger partial charge < -0.3 is 66.9 Å². The quantitative estimate of drug-likeness (QED) is 0.0276. The van der Waals surface area contributed by atoms with Crippen molar-refractivity contribution >= 4 is 34.6 Å². The van der Waals surface area contributed by atoms with E-state index in [0.717, 1.165) is 36.8 Å². The lowest BCUT2D eigenvalue weighted by Gasteiger charge is -2.48. The second kappa shape index (κ2) is 57.4. The van der Waals surface area contributed by atoms with Crippen molar-refractivity contribution < 1.29 is 70.6 Å². The Hall–Kier alpha value is -8.60. The SMILES string of the molecule is CC#CC#CC#CC#CC#CC#CC#CC#CC#CC#CC#CC#CC(=O)N[C@@H](CO[C@H]1OC(COC(=O)CCOCCOCCOCCOCCNC(=O)OC(C)(C)C)[C@H](OCc2ccccc2)[C@H](C)C1OCc1ccccc1)[C@H](O[Si](C)(C)C(C)(C)C)[C@@H](CCCCCCCCCCCCCC)O[Si](C)(C)C(C)(C)C. The third-order valence-corrected chi connectivity index (χ3v) is 27.4. The van der Waals surface area contributed by atoms with Crippen molar-refractivity contribution in [3.05, 3.63) is 71.8 Å². The number of carbonyl (C=O) groups is 3. The number of esters is 1. The zero-order valence-corrected chi connectivity index (χ0v) is 71.6. The minimum absolute atomic E-state index is 0.0338. The molecule has 1 fully saturated rings. The summed E-state index contributed by atoms with van der Waals surface area (Å²) in [6, 6.07) is 18.8. The van der Waals surface area contributed by atoms with Crippen molar-refractivity contribution in [2.75, 3.05) is 72.6 Å². The molecule has 1 heterocycles. The van der Waals surface area contributed by atoms with Gasteiger partial charge in [0.2, 0.25) is 0 Å². The summed E-state index contributed by atoms with van der Waals surface area (Å²) in [6.07, 6.45) is 9.91. The van der Waals surface area contributed by atoms with Gasteiger partial charge in [0.25, 0.3) is 5.91 Å². The predicted octanol–water partition coefficient (Wildman–Crippen LogP) is 14.5. The zero-order chi connectivity index (χ0) is 82.0. The van der Waals surface area contributed by atoms with Gasteiger partial charge in [0.05, 0.1) is 103 Å². The molecule has 19 heteroatoms. The van der Waals surface area contributed by atoms with E-state index in [0.29, 0.717) is 46.0 Å². The molecule has 0 bridgehead atoms. The van der Waals surface area contributed by atoms with Crippen molar-refractivity contribution in [2.45, 2.75) is 271 Å². The summed E-state index contributed by atoms with van der Waals surface area (Å²) in [5.74, 6) is 60.8. The van der Waals surface area contributed by atoms with Gasteiger partial charge in [0.15, 0.2) is 22.9 Å². The number of ether oxygens (including phenoxy) is 10. The van der Waals surface area contributed by atoms with Crippen LogP contribution in [0.1, 0.15) is 184 Å². The molecule has 2 aromatic rings. The minimum Gasteiger partial charge on any atom is -0.463 e. The first kappa shape index (κ1) is 97.6. The Labute approximate surface area is 675 Å². The molecule has 3 rings (SSSR count). The molecular formula is C93H122N2O15Si2. The van der Waals surface area contributed by atoms with Crippen molar-refractivity contribution in [2.24, 2.45) is 5.92 Å². The van der Waals surface area contributed by atoms with E-state index >= 15 is 0 Å². The molecule has 112 heavy (non-hydrogen) atoms. The number of nitrogens with one attached hydrogen (secondary N) is 2. The molecular weight excluding hydrogens is 1440 g/mol. The second-order valence-electron chi connectivity index (χ2n) is 30.7. The lowest BCUT2D eigenvalue weighted by Crippen LogP contribution is -2.61. The van der Waals surface area contributed by atoms with Crippen LogP contribution >= 0.6 is 0 Å². The van der Waals surface area contributed by atoms with Gasteiger partial charge in [0.1, 0.15) is 24.4 Å². The number of hydrogen-bond donors (Lipinski definition) is 2. The Balaban J connectivity index is 2.01. The van der Waals surface area contributed by atoms with Crippen molar-refractivity contribution in [1.82, 2.24) is 10.6 Å². The molecule has 0 aliphatic carbocycles. The number of carbonyl (C=O) groups excluding carboxylic acids is 3. The highest BCUT2D eigenvalue weighted by Crippen LogP contribution is 2.42. The van der Waals surface area contributed by atoms with Crippen LogP contribution in [0.4, 0.5) is 4.79 Å². The molecule has 2 aromatic carbocycles. The highest BCUT2D eigenvalue weighted by molar-refractivity contribution is 6.74. The first-order chi connectivity index (χ1) is 53.7. The maximum atomic E-state index is 14.6.